The van der Waals surface area contributed by atoms with Gasteiger partial charge in [-0.15, -0.1) is 10.2 Å². The molecule has 0 bridgehead atoms. The van der Waals surface area contributed by atoms with Crippen LogP contribution in [0.15, 0.2) is 29.4 Å². The quantitative estimate of drug-likeness (QED) is 0.790. The second-order valence-corrected chi connectivity index (χ2v) is 5.90. The van der Waals surface area contributed by atoms with Crippen LogP contribution in [-0.2, 0) is 12.3 Å². The maximum Gasteiger partial charge on any atom is 0.191 e. The Morgan fingerprint density at radius 1 is 1.40 bits per heavy atom. The minimum absolute atomic E-state index is 0.624. The number of thioether (sulfide) groups is 1. The van der Waals surface area contributed by atoms with Crippen molar-refractivity contribution in [3.63, 3.8) is 0 Å². The van der Waals surface area contributed by atoms with E-state index in [0.717, 1.165) is 28.8 Å². The van der Waals surface area contributed by atoms with Gasteiger partial charge in [0.15, 0.2) is 5.16 Å². The Labute approximate surface area is 122 Å². The molecule has 0 spiro atoms. The number of benzene rings is 1. The van der Waals surface area contributed by atoms with Crippen LogP contribution in [0.5, 0.6) is 0 Å². The first-order valence-electron chi connectivity index (χ1n) is 6.86. The molecule has 1 fully saturated rings. The summed E-state index contributed by atoms with van der Waals surface area (Å²) in [5, 5.41) is 18.6. The first-order valence-corrected chi connectivity index (χ1v) is 7.85. The second kappa shape index (κ2) is 5.68. The lowest BCUT2D eigenvalue weighted by Crippen LogP contribution is -2.01. The Kier molecular flexibility index (Phi) is 3.75. The Bertz CT molecular complexity index is 652. The summed E-state index contributed by atoms with van der Waals surface area (Å²) in [6.07, 6.45) is 2.49. The monoisotopic (exact) mass is 284 g/mol. The Hall–Kier alpha value is -1.80. The molecule has 5 heteroatoms. The Morgan fingerprint density at radius 3 is 2.95 bits per heavy atom. The molecule has 1 aromatic carbocycles. The van der Waals surface area contributed by atoms with E-state index in [4.69, 9.17) is 5.26 Å². The molecule has 2 aromatic rings. The molecule has 0 N–H and O–H groups in total. The normalized spacial score (nSPS) is 14.2. The van der Waals surface area contributed by atoms with Crippen molar-refractivity contribution < 1.29 is 0 Å². The summed E-state index contributed by atoms with van der Waals surface area (Å²) in [4.78, 5) is 0. The molecule has 3 rings (SSSR count). The molecule has 4 nitrogen and oxygen atoms in total. The Morgan fingerprint density at radius 2 is 2.25 bits per heavy atom. The van der Waals surface area contributed by atoms with Crippen molar-refractivity contribution in [3.05, 3.63) is 41.2 Å². The fraction of sp³-hybridized carbons (Fsp3) is 0.400. The number of hydrogen-bond acceptors (Lipinski definition) is 4. The summed E-state index contributed by atoms with van der Waals surface area (Å²) in [7, 11) is 0. The van der Waals surface area contributed by atoms with Crippen molar-refractivity contribution in [2.24, 2.45) is 0 Å². The molecule has 102 valence electrons. The van der Waals surface area contributed by atoms with Gasteiger partial charge in [-0.05, 0) is 37.5 Å². The van der Waals surface area contributed by atoms with Gasteiger partial charge in [-0.3, -0.25) is 0 Å². The number of nitriles is 1. The third-order valence-corrected chi connectivity index (χ3v) is 4.47. The van der Waals surface area contributed by atoms with E-state index in [0.29, 0.717) is 11.5 Å². The van der Waals surface area contributed by atoms with Gasteiger partial charge >= 0.3 is 0 Å². The van der Waals surface area contributed by atoms with Gasteiger partial charge in [0.1, 0.15) is 5.82 Å². The summed E-state index contributed by atoms with van der Waals surface area (Å²) in [6.45, 7) is 3.05. The lowest BCUT2D eigenvalue weighted by atomic mass is 10.2. The molecule has 1 saturated carbocycles. The minimum Gasteiger partial charge on any atom is -0.306 e. The SMILES string of the molecule is CCn1c(SCc2cccc(C#N)c2)nnc1C1CC1. The highest BCUT2D eigenvalue weighted by Gasteiger charge is 2.29. The molecular formula is C15H16N4S. The summed E-state index contributed by atoms with van der Waals surface area (Å²) in [5.74, 6) is 2.58. The van der Waals surface area contributed by atoms with Crippen LogP contribution in [0.4, 0.5) is 0 Å². The minimum atomic E-state index is 0.624. The molecule has 1 heterocycles. The lowest BCUT2D eigenvalue weighted by Gasteiger charge is -2.06. The number of rotatable bonds is 5. The van der Waals surface area contributed by atoms with E-state index in [-0.39, 0.29) is 0 Å². The van der Waals surface area contributed by atoms with Crippen molar-refractivity contribution in [2.45, 2.75) is 43.1 Å². The zero-order chi connectivity index (χ0) is 13.9. The van der Waals surface area contributed by atoms with Crippen molar-refractivity contribution in [3.8, 4) is 6.07 Å². The van der Waals surface area contributed by atoms with Gasteiger partial charge in [0, 0.05) is 18.2 Å². The van der Waals surface area contributed by atoms with Gasteiger partial charge in [0.05, 0.1) is 11.6 Å². The average molecular weight is 284 g/mol. The summed E-state index contributed by atoms with van der Waals surface area (Å²) in [5.41, 5.74) is 1.85. The fourth-order valence-electron chi connectivity index (χ4n) is 2.23. The molecule has 20 heavy (non-hydrogen) atoms. The van der Waals surface area contributed by atoms with Gasteiger partial charge in [0.2, 0.25) is 0 Å². The van der Waals surface area contributed by atoms with Gasteiger partial charge in [-0.1, -0.05) is 23.9 Å². The lowest BCUT2D eigenvalue weighted by molar-refractivity contribution is 0.643. The molecule has 0 amide bonds. The highest BCUT2D eigenvalue weighted by atomic mass is 32.2. The number of nitrogens with zero attached hydrogens (tertiary/aromatic N) is 4. The maximum atomic E-state index is 8.92. The standard InChI is InChI=1S/C15H16N4S/c1-2-19-14(13-6-7-13)17-18-15(19)20-10-12-5-3-4-11(8-12)9-16/h3-5,8,13H,2,6-7,10H2,1H3. The van der Waals surface area contributed by atoms with E-state index >= 15 is 0 Å². The number of aromatic nitrogens is 3. The first kappa shape index (κ1) is 13.2. The van der Waals surface area contributed by atoms with E-state index < -0.39 is 0 Å². The molecule has 0 aliphatic heterocycles. The number of hydrogen-bond donors (Lipinski definition) is 0. The molecule has 1 aromatic heterocycles. The molecule has 0 atom stereocenters. The van der Waals surface area contributed by atoms with E-state index in [1.807, 2.05) is 24.3 Å². The van der Waals surface area contributed by atoms with Gasteiger partial charge < -0.3 is 4.57 Å². The van der Waals surface area contributed by atoms with E-state index in [1.165, 1.54) is 12.8 Å². The van der Waals surface area contributed by atoms with Crippen LogP contribution in [-0.4, -0.2) is 14.8 Å². The summed E-state index contributed by atoms with van der Waals surface area (Å²) in [6, 6.07) is 9.90. The molecular weight excluding hydrogens is 268 g/mol. The second-order valence-electron chi connectivity index (χ2n) is 4.96. The maximum absolute atomic E-state index is 8.92. The van der Waals surface area contributed by atoms with Crippen LogP contribution in [0.1, 0.15) is 42.6 Å². The van der Waals surface area contributed by atoms with Crippen LogP contribution in [0.25, 0.3) is 0 Å². The topological polar surface area (TPSA) is 54.5 Å². The van der Waals surface area contributed by atoms with Crippen molar-refractivity contribution in [2.75, 3.05) is 0 Å². The van der Waals surface area contributed by atoms with E-state index in [9.17, 15) is 0 Å². The first-order chi connectivity index (χ1) is 9.81. The predicted octanol–water partition coefficient (Wildman–Crippen LogP) is 3.34. The highest BCUT2D eigenvalue weighted by Crippen LogP contribution is 2.40. The van der Waals surface area contributed by atoms with Crippen molar-refractivity contribution >= 4 is 11.8 Å². The van der Waals surface area contributed by atoms with Gasteiger partial charge in [-0.2, -0.15) is 5.26 Å². The molecule has 0 saturated heterocycles. The van der Waals surface area contributed by atoms with E-state index in [2.05, 4.69) is 27.8 Å². The van der Waals surface area contributed by atoms with E-state index in [1.54, 1.807) is 11.8 Å². The van der Waals surface area contributed by atoms with Crippen LogP contribution in [0, 0.1) is 11.3 Å². The summed E-state index contributed by atoms with van der Waals surface area (Å²) >= 11 is 1.69. The van der Waals surface area contributed by atoms with Crippen molar-refractivity contribution in [1.29, 1.82) is 5.26 Å². The fourth-order valence-corrected chi connectivity index (χ4v) is 3.18. The molecule has 0 radical (unpaired) electrons. The van der Waals surface area contributed by atoms with Crippen LogP contribution in [0.2, 0.25) is 0 Å². The zero-order valence-corrected chi connectivity index (χ0v) is 12.2. The van der Waals surface area contributed by atoms with Crippen molar-refractivity contribution in [1.82, 2.24) is 14.8 Å². The molecule has 1 aliphatic carbocycles. The van der Waals surface area contributed by atoms with Crippen LogP contribution < -0.4 is 0 Å². The largest absolute Gasteiger partial charge is 0.306 e. The molecule has 0 unspecified atom stereocenters. The predicted molar refractivity (Wildman–Crippen MR) is 78.4 cm³/mol. The van der Waals surface area contributed by atoms with Crippen LogP contribution in [0.3, 0.4) is 0 Å². The third kappa shape index (κ3) is 2.70. The zero-order valence-electron chi connectivity index (χ0n) is 11.4. The van der Waals surface area contributed by atoms with Gasteiger partial charge in [0.25, 0.3) is 0 Å². The molecule has 1 aliphatic rings. The summed E-state index contributed by atoms with van der Waals surface area (Å²) < 4.78 is 2.22. The highest BCUT2D eigenvalue weighted by molar-refractivity contribution is 7.98. The van der Waals surface area contributed by atoms with Crippen LogP contribution >= 0.6 is 11.8 Å². The average Bonchev–Trinajstić information content (AvgIpc) is 3.25. The smallest absolute Gasteiger partial charge is 0.191 e. The third-order valence-electron chi connectivity index (χ3n) is 3.43. The Balaban J connectivity index is 1.73. The van der Waals surface area contributed by atoms with Gasteiger partial charge in [-0.25, -0.2) is 0 Å².